The molecule has 0 spiro atoms. The molecule has 1 N–H and O–H groups in total. The van der Waals surface area contributed by atoms with Crippen LogP contribution in [0.4, 0.5) is 0 Å². The van der Waals surface area contributed by atoms with Crippen LogP contribution in [-0.4, -0.2) is 36.1 Å². The van der Waals surface area contributed by atoms with Gasteiger partial charge in [-0.3, -0.25) is 4.90 Å². The Morgan fingerprint density at radius 2 is 2.07 bits per heavy atom. The lowest BCUT2D eigenvalue weighted by atomic mass is 10.4. The molecule has 0 bridgehead atoms. The average molecular weight is 232 g/mol. The van der Waals surface area contributed by atoms with E-state index < -0.39 is 6.23 Å². The first kappa shape index (κ1) is 11.9. The van der Waals surface area contributed by atoms with Crippen molar-refractivity contribution in [2.75, 3.05) is 19.8 Å². The van der Waals surface area contributed by atoms with Crippen molar-refractivity contribution in [1.82, 2.24) is 4.90 Å². The summed E-state index contributed by atoms with van der Waals surface area (Å²) in [7, 11) is 3.69. The molecule has 4 heteroatoms. The van der Waals surface area contributed by atoms with Gasteiger partial charge in [-0.25, -0.2) is 0 Å². The molecule has 0 fully saturated rings. The fourth-order valence-electron chi connectivity index (χ4n) is 0.875. The zero-order valence-electron chi connectivity index (χ0n) is 8.27. The summed E-state index contributed by atoms with van der Waals surface area (Å²) < 4.78 is 0. The summed E-state index contributed by atoms with van der Waals surface area (Å²) >= 11 is 7.53. The standard InChI is InChI=1S/C10H14ClNOS/c1-12(2)10(13)7-14-9-6-4-3-5-8(9)11/h3-6,10,13H,7H2,1-2H3. The van der Waals surface area contributed by atoms with Crippen LogP contribution in [0, 0.1) is 0 Å². The maximum Gasteiger partial charge on any atom is 0.116 e. The molecular formula is C10H14ClNOS. The normalized spacial score (nSPS) is 13.2. The molecular weight excluding hydrogens is 218 g/mol. The molecule has 0 aromatic heterocycles. The maximum absolute atomic E-state index is 9.54. The summed E-state index contributed by atoms with van der Waals surface area (Å²) in [6, 6.07) is 7.65. The van der Waals surface area contributed by atoms with Crippen LogP contribution in [-0.2, 0) is 0 Å². The number of rotatable bonds is 4. The predicted octanol–water partition coefficient (Wildman–Crippen LogP) is 2.31. The molecule has 0 saturated heterocycles. The zero-order valence-corrected chi connectivity index (χ0v) is 9.85. The molecule has 0 saturated carbocycles. The Morgan fingerprint density at radius 3 is 2.64 bits per heavy atom. The number of benzene rings is 1. The van der Waals surface area contributed by atoms with Gasteiger partial charge in [-0.2, -0.15) is 0 Å². The molecule has 1 aromatic carbocycles. The highest BCUT2D eigenvalue weighted by atomic mass is 35.5. The Bertz CT molecular complexity index is 293. The lowest BCUT2D eigenvalue weighted by Gasteiger charge is -2.17. The molecule has 1 rings (SSSR count). The number of hydrogen-bond donors (Lipinski definition) is 1. The van der Waals surface area contributed by atoms with E-state index in [0.717, 1.165) is 9.92 Å². The van der Waals surface area contributed by atoms with Crippen LogP contribution in [0.15, 0.2) is 29.2 Å². The topological polar surface area (TPSA) is 23.5 Å². The number of thioether (sulfide) groups is 1. The van der Waals surface area contributed by atoms with Crippen molar-refractivity contribution in [2.45, 2.75) is 11.1 Å². The quantitative estimate of drug-likeness (QED) is 0.636. The Hall–Kier alpha value is -0.220. The van der Waals surface area contributed by atoms with Gasteiger partial charge in [0.1, 0.15) is 6.23 Å². The summed E-state index contributed by atoms with van der Waals surface area (Å²) in [5, 5.41) is 10.3. The predicted molar refractivity (Wildman–Crippen MR) is 61.9 cm³/mol. The smallest absolute Gasteiger partial charge is 0.116 e. The van der Waals surface area contributed by atoms with Gasteiger partial charge in [0.15, 0.2) is 0 Å². The van der Waals surface area contributed by atoms with Gasteiger partial charge < -0.3 is 5.11 Å². The highest BCUT2D eigenvalue weighted by Crippen LogP contribution is 2.26. The minimum atomic E-state index is -0.434. The maximum atomic E-state index is 9.54. The highest BCUT2D eigenvalue weighted by molar-refractivity contribution is 7.99. The third-order valence-corrected chi connectivity index (χ3v) is 3.39. The number of aliphatic hydroxyl groups excluding tert-OH is 1. The van der Waals surface area contributed by atoms with Crippen LogP contribution >= 0.6 is 23.4 Å². The Labute approximate surface area is 93.9 Å². The Morgan fingerprint density at radius 1 is 1.43 bits per heavy atom. The summed E-state index contributed by atoms with van der Waals surface area (Å²) in [6.45, 7) is 0. The largest absolute Gasteiger partial charge is 0.378 e. The second-order valence-corrected chi connectivity index (χ2v) is 4.65. The molecule has 0 heterocycles. The lowest BCUT2D eigenvalue weighted by Crippen LogP contribution is -2.29. The summed E-state index contributed by atoms with van der Waals surface area (Å²) in [5.74, 6) is 0.622. The molecule has 1 atom stereocenters. The van der Waals surface area contributed by atoms with Gasteiger partial charge in [-0.05, 0) is 26.2 Å². The van der Waals surface area contributed by atoms with Crippen molar-refractivity contribution in [3.63, 3.8) is 0 Å². The molecule has 1 unspecified atom stereocenters. The Balaban J connectivity index is 2.50. The van der Waals surface area contributed by atoms with Crippen LogP contribution in [0.3, 0.4) is 0 Å². The minimum Gasteiger partial charge on any atom is -0.378 e. The van der Waals surface area contributed by atoms with E-state index in [1.807, 2.05) is 38.4 Å². The van der Waals surface area contributed by atoms with Crippen molar-refractivity contribution in [1.29, 1.82) is 0 Å². The fourth-order valence-corrected chi connectivity index (χ4v) is 2.18. The van der Waals surface area contributed by atoms with Crippen molar-refractivity contribution < 1.29 is 5.11 Å². The van der Waals surface area contributed by atoms with Gasteiger partial charge in [0.2, 0.25) is 0 Å². The van der Waals surface area contributed by atoms with Gasteiger partial charge >= 0.3 is 0 Å². The van der Waals surface area contributed by atoms with Crippen LogP contribution in [0.1, 0.15) is 0 Å². The summed E-state index contributed by atoms with van der Waals surface area (Å²) in [4.78, 5) is 2.78. The number of halogens is 1. The van der Waals surface area contributed by atoms with Crippen LogP contribution in [0.25, 0.3) is 0 Å². The second kappa shape index (κ2) is 5.61. The van der Waals surface area contributed by atoms with Gasteiger partial charge in [-0.15, -0.1) is 11.8 Å². The van der Waals surface area contributed by atoms with Gasteiger partial charge in [0.05, 0.1) is 5.02 Å². The third kappa shape index (κ3) is 3.50. The van der Waals surface area contributed by atoms with Crippen molar-refractivity contribution in [3.05, 3.63) is 29.3 Å². The van der Waals surface area contributed by atoms with Crippen LogP contribution in [0.2, 0.25) is 5.02 Å². The number of hydrogen-bond acceptors (Lipinski definition) is 3. The van der Waals surface area contributed by atoms with E-state index in [9.17, 15) is 5.11 Å². The number of nitrogens with zero attached hydrogens (tertiary/aromatic N) is 1. The second-order valence-electron chi connectivity index (χ2n) is 3.19. The van der Waals surface area contributed by atoms with Crippen molar-refractivity contribution in [2.24, 2.45) is 0 Å². The van der Waals surface area contributed by atoms with Crippen LogP contribution in [0.5, 0.6) is 0 Å². The van der Waals surface area contributed by atoms with Crippen molar-refractivity contribution >= 4 is 23.4 Å². The van der Waals surface area contributed by atoms with E-state index in [1.54, 1.807) is 16.7 Å². The molecule has 0 aliphatic heterocycles. The van der Waals surface area contributed by atoms with E-state index >= 15 is 0 Å². The van der Waals surface area contributed by atoms with Crippen LogP contribution < -0.4 is 0 Å². The highest BCUT2D eigenvalue weighted by Gasteiger charge is 2.08. The van der Waals surface area contributed by atoms with E-state index in [1.165, 1.54) is 0 Å². The fraction of sp³-hybridized carbons (Fsp3) is 0.400. The van der Waals surface area contributed by atoms with E-state index in [4.69, 9.17) is 11.6 Å². The minimum absolute atomic E-state index is 0.434. The Kier molecular flexibility index (Phi) is 4.75. The number of aliphatic hydroxyl groups is 1. The van der Waals surface area contributed by atoms with Crippen molar-refractivity contribution in [3.8, 4) is 0 Å². The van der Waals surface area contributed by atoms with Gasteiger partial charge in [0, 0.05) is 10.6 Å². The lowest BCUT2D eigenvalue weighted by molar-refractivity contribution is 0.0621. The van der Waals surface area contributed by atoms with E-state index in [-0.39, 0.29) is 0 Å². The molecule has 14 heavy (non-hydrogen) atoms. The van der Waals surface area contributed by atoms with E-state index in [0.29, 0.717) is 5.75 Å². The van der Waals surface area contributed by atoms with Gasteiger partial charge in [0.25, 0.3) is 0 Å². The van der Waals surface area contributed by atoms with Gasteiger partial charge in [-0.1, -0.05) is 23.7 Å². The molecule has 78 valence electrons. The molecule has 2 nitrogen and oxygen atoms in total. The summed E-state index contributed by atoms with van der Waals surface area (Å²) in [5.41, 5.74) is 0. The molecule has 0 amide bonds. The first-order valence-electron chi connectivity index (χ1n) is 4.33. The summed E-state index contributed by atoms with van der Waals surface area (Å²) in [6.07, 6.45) is -0.434. The van der Waals surface area contributed by atoms with E-state index in [2.05, 4.69) is 0 Å². The SMILES string of the molecule is CN(C)C(O)CSc1ccccc1Cl. The first-order chi connectivity index (χ1) is 6.61. The molecule has 1 aromatic rings. The first-order valence-corrected chi connectivity index (χ1v) is 5.69. The monoisotopic (exact) mass is 231 g/mol. The molecule has 0 aliphatic carbocycles. The molecule has 0 aliphatic rings. The molecule has 0 radical (unpaired) electrons. The average Bonchev–Trinajstić information content (AvgIpc) is 2.16. The third-order valence-electron chi connectivity index (χ3n) is 1.82. The zero-order chi connectivity index (χ0) is 10.6.